The van der Waals surface area contributed by atoms with Crippen molar-refractivity contribution in [2.45, 2.75) is 44.1 Å². The number of tetrazole rings is 1. The fraction of sp³-hybridized carbons (Fsp3) is 0.261. The van der Waals surface area contributed by atoms with Crippen molar-refractivity contribution in [1.82, 2.24) is 40.0 Å². The summed E-state index contributed by atoms with van der Waals surface area (Å²) >= 11 is 1.59. The molecule has 0 aliphatic carbocycles. The average Bonchev–Trinajstić information content (AvgIpc) is 3.53. The van der Waals surface area contributed by atoms with Gasteiger partial charge in [0.15, 0.2) is 16.8 Å². The molecular weight excluding hydrogens is 420 g/mol. The normalized spacial score (nSPS) is 11.4. The van der Waals surface area contributed by atoms with E-state index in [2.05, 4.69) is 85.5 Å². The molecule has 0 saturated carbocycles. The van der Waals surface area contributed by atoms with E-state index in [-0.39, 0.29) is 0 Å². The summed E-state index contributed by atoms with van der Waals surface area (Å²) in [6.07, 6.45) is 4.15. The topological polar surface area (TPSA) is 90.1 Å². The number of para-hydroxylation sites is 1. The summed E-state index contributed by atoms with van der Waals surface area (Å²) < 4.78 is 4.00. The van der Waals surface area contributed by atoms with Gasteiger partial charge in [-0.2, -0.15) is 0 Å². The number of unbranched alkanes of at least 4 members (excludes halogenated alkanes) is 1. The summed E-state index contributed by atoms with van der Waals surface area (Å²) in [6, 6.07) is 16.6. The minimum atomic E-state index is 0.620. The number of nitrogens with one attached hydrogen (secondary N) is 1. The van der Waals surface area contributed by atoms with E-state index < -0.39 is 0 Å². The maximum absolute atomic E-state index is 4.60. The number of nitrogens with zero attached hydrogens (tertiary/aromatic N) is 7. The summed E-state index contributed by atoms with van der Waals surface area (Å²) in [6.45, 7) is 5.08. The van der Waals surface area contributed by atoms with Crippen molar-refractivity contribution in [1.29, 1.82) is 0 Å². The van der Waals surface area contributed by atoms with Crippen LogP contribution in [0.4, 0.5) is 0 Å². The number of aromatic amines is 1. The van der Waals surface area contributed by atoms with Crippen LogP contribution in [0.25, 0.3) is 28.0 Å². The molecule has 32 heavy (non-hydrogen) atoms. The Labute approximate surface area is 190 Å². The van der Waals surface area contributed by atoms with E-state index in [1.165, 1.54) is 5.56 Å². The molecule has 0 aliphatic rings. The number of fused-ring (bicyclic) bond motifs is 1. The lowest BCUT2D eigenvalue weighted by Gasteiger charge is -2.11. The van der Waals surface area contributed by atoms with Crippen molar-refractivity contribution >= 4 is 22.7 Å². The van der Waals surface area contributed by atoms with Gasteiger partial charge in [-0.15, -0.1) is 15.3 Å². The van der Waals surface area contributed by atoms with Crippen LogP contribution in [0.1, 0.15) is 31.2 Å². The molecule has 162 valence electrons. The molecule has 0 fully saturated rings. The molecule has 2 aromatic carbocycles. The largest absolute Gasteiger partial charge is 0.360 e. The summed E-state index contributed by atoms with van der Waals surface area (Å²) in [7, 11) is 0. The van der Waals surface area contributed by atoms with Crippen molar-refractivity contribution in [3.8, 4) is 17.1 Å². The van der Waals surface area contributed by atoms with Gasteiger partial charge in [-0.1, -0.05) is 55.4 Å². The van der Waals surface area contributed by atoms with Crippen LogP contribution in [-0.4, -0.2) is 40.0 Å². The lowest BCUT2D eigenvalue weighted by molar-refractivity contribution is 0.540. The molecule has 9 heteroatoms. The Balaban J connectivity index is 1.54. The molecule has 8 nitrogen and oxygen atoms in total. The van der Waals surface area contributed by atoms with E-state index in [0.717, 1.165) is 58.3 Å². The zero-order chi connectivity index (χ0) is 21.9. The Morgan fingerprint density at radius 2 is 1.94 bits per heavy atom. The summed E-state index contributed by atoms with van der Waals surface area (Å²) in [5, 5.41) is 23.3. The van der Waals surface area contributed by atoms with E-state index in [1.807, 2.05) is 23.0 Å². The standard InChI is InChI=1S/C23H24N8S/c1-3-4-12-30-21(25-28-29-30)15-32-23-27-26-22(31(23)17-9-7-8-16(2)13-17)19-14-24-20-11-6-5-10-18(19)20/h5-11,13-14,24H,3-4,12,15H2,1-2H3. The van der Waals surface area contributed by atoms with Crippen LogP contribution in [0.3, 0.4) is 0 Å². The molecule has 3 heterocycles. The maximum atomic E-state index is 4.60. The third-order valence-corrected chi connectivity index (χ3v) is 6.31. The van der Waals surface area contributed by atoms with Gasteiger partial charge in [0, 0.05) is 34.9 Å². The van der Waals surface area contributed by atoms with E-state index in [1.54, 1.807) is 11.8 Å². The Kier molecular flexibility index (Phi) is 5.72. The number of H-pyrrole nitrogens is 1. The summed E-state index contributed by atoms with van der Waals surface area (Å²) in [5.41, 5.74) is 4.31. The van der Waals surface area contributed by atoms with Crippen molar-refractivity contribution in [2.75, 3.05) is 0 Å². The number of thioether (sulfide) groups is 1. The second kappa shape index (κ2) is 8.96. The summed E-state index contributed by atoms with van der Waals surface area (Å²) in [4.78, 5) is 3.35. The Bertz CT molecular complexity index is 1350. The third-order valence-electron chi connectivity index (χ3n) is 5.38. The maximum Gasteiger partial charge on any atom is 0.196 e. The van der Waals surface area contributed by atoms with Crippen LogP contribution in [0, 0.1) is 6.92 Å². The van der Waals surface area contributed by atoms with Gasteiger partial charge < -0.3 is 4.98 Å². The van der Waals surface area contributed by atoms with Gasteiger partial charge in [0.25, 0.3) is 0 Å². The second-order valence-corrected chi connectivity index (χ2v) is 8.63. The molecule has 3 aromatic heterocycles. The first-order valence-corrected chi connectivity index (χ1v) is 11.7. The molecule has 5 rings (SSSR count). The molecule has 1 N–H and O–H groups in total. The zero-order valence-corrected chi connectivity index (χ0v) is 18.9. The molecular formula is C23H24N8S. The van der Waals surface area contributed by atoms with Crippen LogP contribution < -0.4 is 0 Å². The highest BCUT2D eigenvalue weighted by Gasteiger charge is 2.20. The number of aryl methyl sites for hydroxylation is 2. The van der Waals surface area contributed by atoms with Gasteiger partial charge in [-0.05, 0) is 47.5 Å². The number of hydrogen-bond acceptors (Lipinski definition) is 6. The lowest BCUT2D eigenvalue weighted by atomic mass is 10.1. The zero-order valence-electron chi connectivity index (χ0n) is 18.1. The molecule has 0 unspecified atom stereocenters. The first kappa shape index (κ1) is 20.4. The molecule has 0 bridgehead atoms. The summed E-state index contributed by atoms with van der Waals surface area (Å²) in [5.74, 6) is 2.27. The van der Waals surface area contributed by atoms with Gasteiger partial charge in [-0.3, -0.25) is 4.57 Å². The van der Waals surface area contributed by atoms with Crippen molar-refractivity contribution in [3.63, 3.8) is 0 Å². The van der Waals surface area contributed by atoms with Crippen molar-refractivity contribution in [2.24, 2.45) is 0 Å². The highest BCUT2D eigenvalue weighted by Crippen LogP contribution is 2.33. The highest BCUT2D eigenvalue weighted by molar-refractivity contribution is 7.98. The van der Waals surface area contributed by atoms with Crippen molar-refractivity contribution in [3.05, 3.63) is 66.1 Å². The molecule has 0 spiro atoms. The molecule has 0 radical (unpaired) electrons. The Hall–Kier alpha value is -3.46. The van der Waals surface area contributed by atoms with E-state index in [4.69, 9.17) is 0 Å². The first-order chi connectivity index (χ1) is 15.7. The van der Waals surface area contributed by atoms with Crippen molar-refractivity contribution < 1.29 is 0 Å². The first-order valence-electron chi connectivity index (χ1n) is 10.7. The SMILES string of the molecule is CCCCn1nnnc1CSc1nnc(-c2c[nH]c3ccccc23)n1-c1cccc(C)c1. The predicted octanol–water partition coefficient (Wildman–Crippen LogP) is 4.80. The van der Waals surface area contributed by atoms with Crippen LogP contribution in [0.5, 0.6) is 0 Å². The number of aromatic nitrogens is 8. The molecule has 0 amide bonds. The highest BCUT2D eigenvalue weighted by atomic mass is 32.2. The van der Waals surface area contributed by atoms with Gasteiger partial charge in [0.2, 0.25) is 0 Å². The number of benzene rings is 2. The monoisotopic (exact) mass is 444 g/mol. The smallest absolute Gasteiger partial charge is 0.196 e. The lowest BCUT2D eigenvalue weighted by Crippen LogP contribution is -2.06. The Morgan fingerprint density at radius 3 is 2.81 bits per heavy atom. The van der Waals surface area contributed by atoms with Crippen LogP contribution in [0.2, 0.25) is 0 Å². The predicted molar refractivity (Wildman–Crippen MR) is 126 cm³/mol. The third kappa shape index (κ3) is 3.91. The average molecular weight is 445 g/mol. The van der Waals surface area contributed by atoms with E-state index in [0.29, 0.717) is 5.75 Å². The van der Waals surface area contributed by atoms with E-state index >= 15 is 0 Å². The van der Waals surface area contributed by atoms with Crippen LogP contribution in [-0.2, 0) is 12.3 Å². The van der Waals surface area contributed by atoms with Gasteiger partial charge in [0.1, 0.15) is 0 Å². The quantitative estimate of drug-likeness (QED) is 0.346. The van der Waals surface area contributed by atoms with Gasteiger partial charge in [0.05, 0.1) is 5.75 Å². The fourth-order valence-corrected chi connectivity index (χ4v) is 4.62. The molecule has 0 aliphatic heterocycles. The fourth-order valence-electron chi connectivity index (χ4n) is 3.73. The number of rotatable bonds is 8. The van der Waals surface area contributed by atoms with Crippen LogP contribution in [0.15, 0.2) is 59.9 Å². The molecule has 0 atom stereocenters. The minimum Gasteiger partial charge on any atom is -0.360 e. The Morgan fingerprint density at radius 1 is 1.03 bits per heavy atom. The molecule has 5 aromatic rings. The second-order valence-electron chi connectivity index (χ2n) is 7.69. The molecule has 0 saturated heterocycles. The number of hydrogen-bond donors (Lipinski definition) is 1. The van der Waals surface area contributed by atoms with Crippen LogP contribution >= 0.6 is 11.8 Å². The van der Waals surface area contributed by atoms with Gasteiger partial charge >= 0.3 is 0 Å². The van der Waals surface area contributed by atoms with E-state index in [9.17, 15) is 0 Å². The van der Waals surface area contributed by atoms with Gasteiger partial charge in [-0.25, -0.2) is 4.68 Å². The minimum absolute atomic E-state index is 0.620.